The highest BCUT2D eigenvalue weighted by atomic mass is 35.5. The molecule has 5 nitrogen and oxygen atoms in total. The highest BCUT2D eigenvalue weighted by Gasteiger charge is 2.20. The molecular formula is C24H14ClNO4S. The van der Waals surface area contributed by atoms with Crippen LogP contribution < -0.4 is 10.4 Å². The average Bonchev–Trinajstić information content (AvgIpc) is 3.22. The Morgan fingerprint density at radius 2 is 1.77 bits per heavy atom. The summed E-state index contributed by atoms with van der Waals surface area (Å²) in [4.78, 5) is 29.5. The van der Waals surface area contributed by atoms with Crippen LogP contribution in [0.4, 0.5) is 0 Å². The normalized spacial score (nSPS) is 12.2. The van der Waals surface area contributed by atoms with Crippen LogP contribution in [-0.2, 0) is 4.79 Å². The predicted octanol–water partition coefficient (Wildman–Crippen LogP) is 5.96. The number of alkyl halides is 1. The quantitative estimate of drug-likeness (QED) is 0.147. The first-order valence-corrected chi connectivity index (χ1v) is 10.7. The minimum atomic E-state index is -0.940. The number of para-hydroxylation sites is 1. The zero-order chi connectivity index (χ0) is 21.4. The number of carbonyl (C=O) groups is 1. The summed E-state index contributed by atoms with van der Waals surface area (Å²) in [6.07, 6.45) is 0. The van der Waals surface area contributed by atoms with E-state index in [1.807, 2.05) is 30.3 Å². The molecule has 3 aromatic carbocycles. The fourth-order valence-electron chi connectivity index (χ4n) is 3.22. The summed E-state index contributed by atoms with van der Waals surface area (Å²) in [6.45, 7) is 0. The van der Waals surface area contributed by atoms with Crippen LogP contribution in [0, 0.1) is 0 Å². The molecule has 5 aromatic rings. The number of thiazole rings is 1. The smallest absolute Gasteiger partial charge is 0.346 e. The number of hydrogen-bond acceptors (Lipinski definition) is 6. The maximum atomic E-state index is 12.6. The Kier molecular flexibility index (Phi) is 5.02. The lowest BCUT2D eigenvalue weighted by atomic mass is 10.1. The minimum absolute atomic E-state index is 0.245. The van der Waals surface area contributed by atoms with Gasteiger partial charge in [0.15, 0.2) is 5.38 Å². The Hall–Kier alpha value is -3.48. The van der Waals surface area contributed by atoms with Gasteiger partial charge in [-0.25, -0.2) is 14.6 Å². The Morgan fingerprint density at radius 1 is 1.00 bits per heavy atom. The summed E-state index contributed by atoms with van der Waals surface area (Å²) in [5.41, 5.74) is 1.67. The molecule has 0 N–H and O–H groups in total. The summed E-state index contributed by atoms with van der Waals surface area (Å²) >= 11 is 7.65. The Balaban J connectivity index is 1.45. The first-order chi connectivity index (χ1) is 15.1. The number of rotatable bonds is 4. The molecule has 0 saturated carbocycles. The van der Waals surface area contributed by atoms with Gasteiger partial charge in [-0.1, -0.05) is 42.5 Å². The van der Waals surface area contributed by atoms with Gasteiger partial charge in [0.25, 0.3) is 0 Å². The molecule has 0 spiro atoms. The van der Waals surface area contributed by atoms with Crippen LogP contribution in [0.25, 0.3) is 31.8 Å². The van der Waals surface area contributed by atoms with Crippen LogP contribution in [0.5, 0.6) is 5.75 Å². The van der Waals surface area contributed by atoms with Gasteiger partial charge in [0.2, 0.25) is 0 Å². The summed E-state index contributed by atoms with van der Waals surface area (Å²) in [6, 6.07) is 23.2. The molecule has 0 aliphatic rings. The van der Waals surface area contributed by atoms with Gasteiger partial charge in [0.05, 0.1) is 15.8 Å². The number of aromatic nitrogens is 1. The van der Waals surface area contributed by atoms with Crippen LogP contribution >= 0.6 is 22.9 Å². The Bertz CT molecular complexity index is 1440. The van der Waals surface area contributed by atoms with Gasteiger partial charge in [0.1, 0.15) is 16.3 Å². The van der Waals surface area contributed by atoms with E-state index in [0.717, 1.165) is 10.2 Å². The van der Waals surface area contributed by atoms with Crippen molar-refractivity contribution in [1.29, 1.82) is 0 Å². The maximum absolute atomic E-state index is 12.6. The first-order valence-electron chi connectivity index (χ1n) is 9.43. The van der Waals surface area contributed by atoms with Crippen LogP contribution in [-0.4, -0.2) is 11.0 Å². The highest BCUT2D eigenvalue weighted by Crippen LogP contribution is 2.31. The molecule has 7 heteroatoms. The molecule has 1 atom stereocenters. The molecule has 0 aliphatic carbocycles. The van der Waals surface area contributed by atoms with E-state index in [-0.39, 0.29) is 5.75 Å². The monoisotopic (exact) mass is 447 g/mol. The summed E-state index contributed by atoms with van der Waals surface area (Å²) < 4.78 is 11.9. The van der Waals surface area contributed by atoms with E-state index in [2.05, 4.69) is 4.98 Å². The van der Waals surface area contributed by atoms with Gasteiger partial charge in [-0.3, -0.25) is 0 Å². The number of carbonyl (C=O) groups excluding carboxylic acids is 1. The average molecular weight is 448 g/mol. The van der Waals surface area contributed by atoms with Gasteiger partial charge >= 0.3 is 11.6 Å². The van der Waals surface area contributed by atoms with Gasteiger partial charge in [-0.2, -0.15) is 0 Å². The maximum Gasteiger partial charge on any atom is 0.346 e. The third-order valence-corrected chi connectivity index (χ3v) is 6.25. The number of halogens is 1. The molecule has 2 aromatic heterocycles. The summed E-state index contributed by atoms with van der Waals surface area (Å²) in [5, 5.41) is 0.352. The first kappa shape index (κ1) is 19.5. The van der Waals surface area contributed by atoms with Crippen molar-refractivity contribution in [3.05, 3.63) is 94.8 Å². The molecule has 0 aliphatic heterocycles. The summed E-state index contributed by atoms with van der Waals surface area (Å²) in [7, 11) is 0. The van der Waals surface area contributed by atoms with E-state index < -0.39 is 17.0 Å². The molecule has 0 saturated heterocycles. The van der Waals surface area contributed by atoms with E-state index in [1.54, 1.807) is 42.5 Å². The van der Waals surface area contributed by atoms with Crippen LogP contribution in [0.1, 0.15) is 10.9 Å². The van der Waals surface area contributed by atoms with Gasteiger partial charge in [-0.15, -0.1) is 22.9 Å². The second kappa shape index (κ2) is 7.98. The molecule has 5 rings (SSSR count). The molecule has 0 radical (unpaired) electrons. The van der Waals surface area contributed by atoms with Crippen LogP contribution in [0.2, 0.25) is 0 Å². The van der Waals surface area contributed by atoms with Crippen molar-refractivity contribution in [3.63, 3.8) is 0 Å². The SMILES string of the molecule is O=C(Oc1ccc2cc(-c3nc4ccccc4s3)c(=O)oc2c1)C(Cl)c1ccccc1. The molecule has 0 bridgehead atoms. The number of nitrogens with zero attached hydrogens (tertiary/aromatic N) is 1. The highest BCUT2D eigenvalue weighted by molar-refractivity contribution is 7.21. The van der Waals surface area contributed by atoms with E-state index in [4.69, 9.17) is 20.8 Å². The van der Waals surface area contributed by atoms with Crippen LogP contribution in [0.3, 0.4) is 0 Å². The largest absolute Gasteiger partial charge is 0.425 e. The third-order valence-electron chi connectivity index (χ3n) is 4.75. The van der Waals surface area contributed by atoms with E-state index in [0.29, 0.717) is 27.1 Å². The second-order valence-corrected chi connectivity index (χ2v) is 8.30. The molecule has 152 valence electrons. The Labute approximate surface area is 185 Å². The predicted molar refractivity (Wildman–Crippen MR) is 122 cm³/mol. The second-order valence-electron chi connectivity index (χ2n) is 6.83. The van der Waals surface area contributed by atoms with Crippen molar-refractivity contribution < 1.29 is 13.9 Å². The van der Waals surface area contributed by atoms with E-state index in [1.165, 1.54) is 17.4 Å². The molecule has 0 amide bonds. The van der Waals surface area contributed by atoms with Crippen molar-refractivity contribution in [2.45, 2.75) is 5.38 Å². The molecule has 31 heavy (non-hydrogen) atoms. The fraction of sp³-hybridized carbons (Fsp3) is 0.0417. The van der Waals surface area contributed by atoms with Crippen molar-refractivity contribution in [1.82, 2.24) is 4.98 Å². The topological polar surface area (TPSA) is 69.4 Å². The van der Waals surface area contributed by atoms with Crippen LogP contribution in [0.15, 0.2) is 88.1 Å². The van der Waals surface area contributed by atoms with Crippen molar-refractivity contribution >= 4 is 50.1 Å². The van der Waals surface area contributed by atoms with Crippen molar-refractivity contribution in [2.24, 2.45) is 0 Å². The van der Waals surface area contributed by atoms with E-state index in [9.17, 15) is 9.59 Å². The lowest BCUT2D eigenvalue weighted by molar-refractivity contribution is -0.134. The van der Waals surface area contributed by atoms with Crippen molar-refractivity contribution in [2.75, 3.05) is 0 Å². The molecular weight excluding hydrogens is 434 g/mol. The van der Waals surface area contributed by atoms with Gasteiger partial charge < -0.3 is 9.15 Å². The summed E-state index contributed by atoms with van der Waals surface area (Å²) in [5.74, 6) is -0.365. The number of ether oxygens (including phenoxy) is 1. The van der Waals surface area contributed by atoms with Gasteiger partial charge in [-0.05, 0) is 35.9 Å². The molecule has 0 fully saturated rings. The number of esters is 1. The van der Waals surface area contributed by atoms with Gasteiger partial charge in [0, 0.05) is 11.5 Å². The zero-order valence-electron chi connectivity index (χ0n) is 15.9. The van der Waals surface area contributed by atoms with Crippen molar-refractivity contribution in [3.8, 4) is 16.3 Å². The van der Waals surface area contributed by atoms with E-state index >= 15 is 0 Å². The fourth-order valence-corrected chi connectivity index (χ4v) is 4.38. The minimum Gasteiger partial charge on any atom is -0.425 e. The third kappa shape index (κ3) is 3.83. The molecule has 2 heterocycles. The molecule has 1 unspecified atom stereocenters. The lowest BCUT2D eigenvalue weighted by Gasteiger charge is -2.10. The zero-order valence-corrected chi connectivity index (χ0v) is 17.5. The number of hydrogen-bond donors (Lipinski definition) is 0. The number of benzene rings is 3. The Morgan fingerprint density at radius 3 is 2.58 bits per heavy atom. The number of fused-ring (bicyclic) bond motifs is 2. The lowest BCUT2D eigenvalue weighted by Crippen LogP contribution is -2.14. The standard InChI is InChI=1S/C24H14ClNO4S/c25-21(14-6-2-1-3-7-14)24(28)29-16-11-10-15-12-17(23(27)30-19(15)13-16)22-26-18-8-4-5-9-20(18)31-22/h1-13,21H.